The van der Waals surface area contributed by atoms with E-state index >= 15 is 0 Å². The van der Waals surface area contributed by atoms with Crippen molar-refractivity contribution in [1.82, 2.24) is 5.32 Å². The molecule has 4 unspecified atom stereocenters. The van der Waals surface area contributed by atoms with Crippen molar-refractivity contribution >= 4 is 11.8 Å². The van der Waals surface area contributed by atoms with Crippen molar-refractivity contribution < 1.29 is 0 Å². The van der Waals surface area contributed by atoms with Crippen molar-refractivity contribution in [3.05, 3.63) is 0 Å². The van der Waals surface area contributed by atoms with E-state index in [1.165, 1.54) is 63.0 Å². The third-order valence-electron chi connectivity index (χ3n) is 5.06. The van der Waals surface area contributed by atoms with E-state index in [4.69, 9.17) is 0 Å². The molecule has 4 atom stereocenters. The summed E-state index contributed by atoms with van der Waals surface area (Å²) in [6.45, 7) is 5.92. The van der Waals surface area contributed by atoms with E-state index in [1.54, 1.807) is 0 Å². The van der Waals surface area contributed by atoms with Crippen LogP contribution in [-0.2, 0) is 0 Å². The molecule has 0 aromatic rings. The molecule has 18 heavy (non-hydrogen) atoms. The highest BCUT2D eigenvalue weighted by molar-refractivity contribution is 7.99. The van der Waals surface area contributed by atoms with Gasteiger partial charge in [-0.3, -0.25) is 0 Å². The first-order valence-electron chi connectivity index (χ1n) is 8.18. The lowest BCUT2D eigenvalue weighted by Crippen LogP contribution is -2.46. The average Bonchev–Trinajstić information content (AvgIpc) is 2.94. The third-order valence-corrected chi connectivity index (χ3v) is 6.24. The molecule has 1 aliphatic carbocycles. The van der Waals surface area contributed by atoms with Gasteiger partial charge in [0.15, 0.2) is 0 Å². The molecule has 0 aromatic carbocycles. The summed E-state index contributed by atoms with van der Waals surface area (Å²) < 4.78 is 0. The second kappa shape index (κ2) is 7.79. The number of nitrogens with one attached hydrogen (secondary N) is 1. The first-order valence-corrected chi connectivity index (χ1v) is 9.33. The Kier molecular flexibility index (Phi) is 6.37. The first-order chi connectivity index (χ1) is 8.86. The molecule has 1 nitrogen and oxygen atoms in total. The van der Waals surface area contributed by atoms with Gasteiger partial charge < -0.3 is 5.32 Å². The fraction of sp³-hybridized carbons (Fsp3) is 1.00. The Bertz CT molecular complexity index is 225. The lowest BCUT2D eigenvalue weighted by molar-refractivity contribution is 0.144. The maximum Gasteiger partial charge on any atom is 0.0134 e. The molecule has 0 bridgehead atoms. The summed E-state index contributed by atoms with van der Waals surface area (Å²) in [6, 6.07) is 0.824. The van der Waals surface area contributed by atoms with Gasteiger partial charge >= 0.3 is 0 Å². The van der Waals surface area contributed by atoms with Gasteiger partial charge in [0.2, 0.25) is 0 Å². The predicted octanol–water partition coefficient (Wildman–Crippen LogP) is 4.32. The van der Waals surface area contributed by atoms with Gasteiger partial charge in [-0.05, 0) is 55.1 Å². The van der Waals surface area contributed by atoms with Gasteiger partial charge in [-0.15, -0.1) is 0 Å². The Hall–Kier alpha value is 0.310. The number of hydrogen-bond donors (Lipinski definition) is 1. The molecule has 1 N–H and O–H groups in total. The summed E-state index contributed by atoms with van der Waals surface area (Å²) in [4.78, 5) is 0. The third kappa shape index (κ3) is 3.66. The Morgan fingerprint density at radius 3 is 2.67 bits per heavy atom. The largest absolute Gasteiger partial charge is 0.313 e. The second-order valence-electron chi connectivity index (χ2n) is 6.22. The monoisotopic (exact) mass is 269 g/mol. The molecular formula is C16H31NS. The van der Waals surface area contributed by atoms with Gasteiger partial charge in [0, 0.05) is 6.04 Å². The van der Waals surface area contributed by atoms with Crippen molar-refractivity contribution in [2.24, 2.45) is 17.8 Å². The Morgan fingerprint density at radius 1 is 1.17 bits per heavy atom. The summed E-state index contributed by atoms with van der Waals surface area (Å²) in [5, 5.41) is 3.93. The summed E-state index contributed by atoms with van der Waals surface area (Å²) in [5.74, 6) is 5.74. The van der Waals surface area contributed by atoms with Crippen molar-refractivity contribution in [1.29, 1.82) is 0 Å². The zero-order valence-corrected chi connectivity index (χ0v) is 13.1. The smallest absolute Gasteiger partial charge is 0.0134 e. The van der Waals surface area contributed by atoms with Gasteiger partial charge in [-0.25, -0.2) is 0 Å². The average molecular weight is 269 g/mol. The maximum absolute atomic E-state index is 3.93. The molecule has 2 aliphatic rings. The molecule has 0 aromatic heterocycles. The van der Waals surface area contributed by atoms with Gasteiger partial charge in [0.05, 0.1) is 0 Å². The highest BCUT2D eigenvalue weighted by atomic mass is 32.2. The zero-order chi connectivity index (χ0) is 12.8. The van der Waals surface area contributed by atoms with E-state index in [-0.39, 0.29) is 0 Å². The van der Waals surface area contributed by atoms with Crippen LogP contribution in [0.5, 0.6) is 0 Å². The minimum absolute atomic E-state index is 0.824. The zero-order valence-electron chi connectivity index (χ0n) is 12.3. The SMILES string of the molecule is CCCNC(C1CCSC1)C1CCCCC1CC. The van der Waals surface area contributed by atoms with Crippen LogP contribution in [0.2, 0.25) is 0 Å². The van der Waals surface area contributed by atoms with Gasteiger partial charge in [-0.2, -0.15) is 11.8 Å². The maximum atomic E-state index is 3.93. The molecule has 2 heteroatoms. The Morgan fingerprint density at radius 2 is 2.00 bits per heavy atom. The van der Waals surface area contributed by atoms with Crippen molar-refractivity contribution in [2.75, 3.05) is 18.1 Å². The van der Waals surface area contributed by atoms with Gasteiger partial charge in [0.1, 0.15) is 0 Å². The molecule has 1 aliphatic heterocycles. The van der Waals surface area contributed by atoms with Crippen molar-refractivity contribution in [2.45, 2.75) is 64.8 Å². The highest BCUT2D eigenvalue weighted by Crippen LogP contribution is 2.39. The van der Waals surface area contributed by atoms with E-state index < -0.39 is 0 Å². The number of rotatable bonds is 6. The summed E-state index contributed by atoms with van der Waals surface area (Å²) in [5.41, 5.74) is 0. The Labute approximate surface area is 118 Å². The topological polar surface area (TPSA) is 12.0 Å². The van der Waals surface area contributed by atoms with E-state index in [9.17, 15) is 0 Å². The van der Waals surface area contributed by atoms with E-state index in [1.807, 2.05) is 0 Å². The van der Waals surface area contributed by atoms with Crippen LogP contribution in [0.4, 0.5) is 0 Å². The van der Waals surface area contributed by atoms with Crippen LogP contribution >= 0.6 is 11.8 Å². The molecule has 0 spiro atoms. The molecule has 2 fully saturated rings. The van der Waals surface area contributed by atoms with Crippen LogP contribution in [0.1, 0.15) is 58.8 Å². The minimum atomic E-state index is 0.824. The summed E-state index contributed by atoms with van der Waals surface area (Å²) in [7, 11) is 0. The fourth-order valence-electron chi connectivity index (χ4n) is 4.03. The van der Waals surface area contributed by atoms with Gasteiger partial charge in [-0.1, -0.05) is 39.5 Å². The molecule has 0 amide bonds. The molecule has 1 saturated heterocycles. The Balaban J connectivity index is 2.00. The first kappa shape index (κ1) is 14.7. The number of thioether (sulfide) groups is 1. The van der Waals surface area contributed by atoms with Crippen LogP contribution in [0.25, 0.3) is 0 Å². The standard InChI is InChI=1S/C16H31NS/c1-3-10-17-16(14-9-11-18-12-14)15-8-6-5-7-13(15)4-2/h13-17H,3-12H2,1-2H3. The van der Waals surface area contributed by atoms with Crippen LogP contribution in [0, 0.1) is 17.8 Å². The lowest BCUT2D eigenvalue weighted by Gasteiger charge is -2.40. The predicted molar refractivity (Wildman–Crippen MR) is 83.3 cm³/mol. The van der Waals surface area contributed by atoms with E-state index in [2.05, 4.69) is 30.9 Å². The molecule has 0 radical (unpaired) electrons. The van der Waals surface area contributed by atoms with Crippen LogP contribution < -0.4 is 5.32 Å². The minimum Gasteiger partial charge on any atom is -0.313 e. The van der Waals surface area contributed by atoms with Crippen molar-refractivity contribution in [3.63, 3.8) is 0 Å². The molecule has 1 heterocycles. The molecule has 106 valence electrons. The summed E-state index contributed by atoms with van der Waals surface area (Å²) in [6.07, 6.45) is 10.1. The quantitative estimate of drug-likeness (QED) is 0.770. The lowest BCUT2D eigenvalue weighted by atomic mass is 9.70. The van der Waals surface area contributed by atoms with Crippen LogP contribution in [0.3, 0.4) is 0 Å². The molecular weight excluding hydrogens is 238 g/mol. The highest BCUT2D eigenvalue weighted by Gasteiger charge is 2.36. The van der Waals surface area contributed by atoms with Crippen LogP contribution in [0.15, 0.2) is 0 Å². The summed E-state index contributed by atoms with van der Waals surface area (Å²) >= 11 is 2.18. The van der Waals surface area contributed by atoms with Crippen molar-refractivity contribution in [3.8, 4) is 0 Å². The fourth-order valence-corrected chi connectivity index (χ4v) is 5.34. The van der Waals surface area contributed by atoms with E-state index in [0.717, 1.165) is 23.8 Å². The molecule has 2 rings (SSSR count). The second-order valence-corrected chi connectivity index (χ2v) is 7.37. The number of hydrogen-bond acceptors (Lipinski definition) is 2. The van der Waals surface area contributed by atoms with Crippen LogP contribution in [-0.4, -0.2) is 24.1 Å². The normalized spacial score (nSPS) is 34.7. The van der Waals surface area contributed by atoms with E-state index in [0.29, 0.717) is 0 Å². The molecule has 1 saturated carbocycles. The van der Waals surface area contributed by atoms with Gasteiger partial charge in [0.25, 0.3) is 0 Å².